The van der Waals surface area contributed by atoms with E-state index in [1.54, 1.807) is 19.1 Å². The van der Waals surface area contributed by atoms with Crippen molar-refractivity contribution in [3.05, 3.63) is 41.5 Å². The number of carboxylic acid groups (broad SMARTS) is 1. The summed E-state index contributed by atoms with van der Waals surface area (Å²) in [6.45, 7) is 2.04. The number of urea groups is 1. The third-order valence-corrected chi connectivity index (χ3v) is 2.56. The highest BCUT2D eigenvalue weighted by molar-refractivity contribution is 5.93. The standard InChI is InChI=1S/C13H14N4O4/c1-8-15-11(21-17-8)5-6-14-13(20)16-10-4-2-3-9(7-10)12(18)19/h2-4,7H,5-6H2,1H3,(H,18,19)(H2,14,16,20). The van der Waals surface area contributed by atoms with Crippen LogP contribution in [0.5, 0.6) is 0 Å². The van der Waals surface area contributed by atoms with Crippen molar-refractivity contribution in [2.24, 2.45) is 0 Å². The molecule has 0 spiro atoms. The van der Waals surface area contributed by atoms with Crippen LogP contribution >= 0.6 is 0 Å². The van der Waals surface area contributed by atoms with Crippen LogP contribution in [0, 0.1) is 6.92 Å². The highest BCUT2D eigenvalue weighted by Gasteiger charge is 2.07. The first-order valence-electron chi connectivity index (χ1n) is 6.22. The van der Waals surface area contributed by atoms with E-state index in [-0.39, 0.29) is 5.56 Å². The van der Waals surface area contributed by atoms with Gasteiger partial charge in [0.1, 0.15) is 0 Å². The molecule has 0 atom stereocenters. The van der Waals surface area contributed by atoms with Crippen LogP contribution in [0.2, 0.25) is 0 Å². The maximum Gasteiger partial charge on any atom is 0.335 e. The number of carboxylic acids is 1. The summed E-state index contributed by atoms with van der Waals surface area (Å²) in [5.41, 5.74) is 0.509. The molecule has 1 heterocycles. The van der Waals surface area contributed by atoms with E-state index < -0.39 is 12.0 Å². The predicted molar refractivity (Wildman–Crippen MR) is 73.2 cm³/mol. The number of hydrogen-bond acceptors (Lipinski definition) is 5. The Bertz CT molecular complexity index is 653. The summed E-state index contributed by atoms with van der Waals surface area (Å²) >= 11 is 0. The van der Waals surface area contributed by atoms with Crippen LogP contribution in [-0.2, 0) is 6.42 Å². The third kappa shape index (κ3) is 4.30. The fourth-order valence-corrected chi connectivity index (χ4v) is 1.63. The fourth-order valence-electron chi connectivity index (χ4n) is 1.63. The van der Waals surface area contributed by atoms with Gasteiger partial charge in [0.25, 0.3) is 0 Å². The van der Waals surface area contributed by atoms with Gasteiger partial charge in [0.05, 0.1) is 5.56 Å². The van der Waals surface area contributed by atoms with Crippen molar-refractivity contribution >= 4 is 17.7 Å². The normalized spacial score (nSPS) is 10.1. The Labute approximate surface area is 120 Å². The highest BCUT2D eigenvalue weighted by atomic mass is 16.5. The zero-order valence-corrected chi connectivity index (χ0v) is 11.3. The number of rotatable bonds is 5. The van der Waals surface area contributed by atoms with Gasteiger partial charge in [-0.15, -0.1) is 0 Å². The van der Waals surface area contributed by atoms with E-state index in [4.69, 9.17) is 9.63 Å². The Morgan fingerprint density at radius 3 is 2.86 bits per heavy atom. The monoisotopic (exact) mass is 290 g/mol. The minimum Gasteiger partial charge on any atom is -0.478 e. The van der Waals surface area contributed by atoms with Crippen LogP contribution in [0.1, 0.15) is 22.1 Å². The lowest BCUT2D eigenvalue weighted by molar-refractivity contribution is 0.0697. The summed E-state index contributed by atoms with van der Waals surface area (Å²) in [6, 6.07) is 5.55. The van der Waals surface area contributed by atoms with Crippen molar-refractivity contribution in [1.82, 2.24) is 15.5 Å². The molecule has 3 N–H and O–H groups in total. The molecule has 110 valence electrons. The van der Waals surface area contributed by atoms with Gasteiger partial charge in [-0.1, -0.05) is 11.2 Å². The Hall–Kier alpha value is -2.90. The van der Waals surface area contributed by atoms with Gasteiger partial charge in [0.15, 0.2) is 5.82 Å². The van der Waals surface area contributed by atoms with Gasteiger partial charge in [0.2, 0.25) is 5.89 Å². The minimum absolute atomic E-state index is 0.106. The molecule has 21 heavy (non-hydrogen) atoms. The van der Waals surface area contributed by atoms with Crippen molar-refractivity contribution in [2.45, 2.75) is 13.3 Å². The van der Waals surface area contributed by atoms with E-state index in [1.165, 1.54) is 12.1 Å². The third-order valence-electron chi connectivity index (χ3n) is 2.56. The van der Waals surface area contributed by atoms with Crippen LogP contribution in [0.4, 0.5) is 10.5 Å². The van der Waals surface area contributed by atoms with E-state index >= 15 is 0 Å². The largest absolute Gasteiger partial charge is 0.478 e. The molecular formula is C13H14N4O4. The fraction of sp³-hybridized carbons (Fsp3) is 0.231. The molecule has 0 saturated carbocycles. The molecule has 0 aliphatic rings. The molecule has 1 aromatic heterocycles. The molecule has 0 radical (unpaired) electrons. The molecule has 2 amide bonds. The van der Waals surface area contributed by atoms with Crippen LogP contribution in [0.25, 0.3) is 0 Å². The molecule has 8 heteroatoms. The van der Waals surface area contributed by atoms with Crippen LogP contribution < -0.4 is 10.6 Å². The Balaban J connectivity index is 1.81. The first kappa shape index (κ1) is 14.5. The lowest BCUT2D eigenvalue weighted by atomic mass is 10.2. The van der Waals surface area contributed by atoms with E-state index in [0.717, 1.165) is 0 Å². The van der Waals surface area contributed by atoms with Gasteiger partial charge in [-0.3, -0.25) is 0 Å². The molecule has 8 nitrogen and oxygen atoms in total. The van der Waals surface area contributed by atoms with Crippen LogP contribution in [0.3, 0.4) is 0 Å². The van der Waals surface area contributed by atoms with E-state index in [1.807, 2.05) is 0 Å². The molecular weight excluding hydrogens is 276 g/mol. The molecule has 0 fully saturated rings. The van der Waals surface area contributed by atoms with Crippen LogP contribution in [-0.4, -0.2) is 33.8 Å². The zero-order chi connectivity index (χ0) is 15.2. The highest BCUT2D eigenvalue weighted by Crippen LogP contribution is 2.10. The first-order valence-corrected chi connectivity index (χ1v) is 6.22. The smallest absolute Gasteiger partial charge is 0.335 e. The number of carbonyl (C=O) groups excluding carboxylic acids is 1. The maximum absolute atomic E-state index is 11.7. The zero-order valence-electron chi connectivity index (χ0n) is 11.3. The number of anilines is 1. The van der Waals surface area contributed by atoms with Gasteiger partial charge in [-0.25, -0.2) is 9.59 Å². The van der Waals surface area contributed by atoms with Crippen molar-refractivity contribution < 1.29 is 19.2 Å². The second kappa shape index (κ2) is 6.51. The van der Waals surface area contributed by atoms with Gasteiger partial charge in [-0.2, -0.15) is 4.98 Å². The predicted octanol–water partition coefficient (Wildman–Crippen LogP) is 1.44. The van der Waals surface area contributed by atoms with Gasteiger partial charge >= 0.3 is 12.0 Å². The second-order valence-corrected chi connectivity index (χ2v) is 4.25. The van der Waals surface area contributed by atoms with Crippen molar-refractivity contribution in [3.8, 4) is 0 Å². The summed E-state index contributed by atoms with van der Waals surface area (Å²) in [5.74, 6) is -0.0635. The van der Waals surface area contributed by atoms with E-state index in [0.29, 0.717) is 30.4 Å². The summed E-state index contributed by atoms with van der Waals surface area (Å²) in [4.78, 5) is 26.5. The Morgan fingerprint density at radius 1 is 1.38 bits per heavy atom. The molecule has 0 unspecified atom stereocenters. The summed E-state index contributed by atoms with van der Waals surface area (Å²) in [6.07, 6.45) is 0.420. The summed E-state index contributed by atoms with van der Waals surface area (Å²) < 4.78 is 4.91. The average Bonchev–Trinajstić information content (AvgIpc) is 2.84. The molecule has 2 rings (SSSR count). The quantitative estimate of drug-likeness (QED) is 0.767. The topological polar surface area (TPSA) is 117 Å². The number of benzene rings is 1. The van der Waals surface area contributed by atoms with E-state index in [9.17, 15) is 9.59 Å². The molecule has 0 aliphatic heterocycles. The average molecular weight is 290 g/mol. The lowest BCUT2D eigenvalue weighted by Crippen LogP contribution is -2.30. The molecule has 0 bridgehead atoms. The SMILES string of the molecule is Cc1noc(CCNC(=O)Nc2cccc(C(=O)O)c2)n1. The summed E-state index contributed by atoms with van der Waals surface area (Å²) in [7, 11) is 0. The number of hydrogen-bond donors (Lipinski definition) is 3. The second-order valence-electron chi connectivity index (χ2n) is 4.25. The molecule has 1 aromatic carbocycles. The number of carbonyl (C=O) groups is 2. The summed E-state index contributed by atoms with van der Waals surface area (Å²) in [5, 5.41) is 17.7. The number of aromatic carboxylic acids is 1. The van der Waals surface area contributed by atoms with Crippen molar-refractivity contribution in [3.63, 3.8) is 0 Å². The van der Waals surface area contributed by atoms with Crippen molar-refractivity contribution in [1.29, 1.82) is 0 Å². The lowest BCUT2D eigenvalue weighted by Gasteiger charge is -2.07. The number of aryl methyl sites for hydroxylation is 1. The maximum atomic E-state index is 11.7. The Morgan fingerprint density at radius 2 is 2.19 bits per heavy atom. The van der Waals surface area contributed by atoms with Gasteiger partial charge in [-0.05, 0) is 25.1 Å². The van der Waals surface area contributed by atoms with Crippen molar-refractivity contribution in [2.75, 3.05) is 11.9 Å². The number of amides is 2. The number of nitrogens with one attached hydrogen (secondary N) is 2. The molecule has 0 saturated heterocycles. The molecule has 2 aromatic rings. The minimum atomic E-state index is -1.05. The van der Waals surface area contributed by atoms with Crippen LogP contribution in [0.15, 0.2) is 28.8 Å². The molecule has 0 aliphatic carbocycles. The number of nitrogens with zero attached hydrogens (tertiary/aromatic N) is 2. The van der Waals surface area contributed by atoms with Gasteiger partial charge in [0, 0.05) is 18.7 Å². The first-order chi connectivity index (χ1) is 10.0. The Kier molecular flexibility index (Phi) is 4.50. The number of aromatic nitrogens is 2. The van der Waals surface area contributed by atoms with Gasteiger partial charge < -0.3 is 20.3 Å². The van der Waals surface area contributed by atoms with E-state index in [2.05, 4.69) is 20.8 Å².